The number of aromatic nitrogens is 2. The highest BCUT2D eigenvalue weighted by atomic mass is 16.1. The van der Waals surface area contributed by atoms with Crippen molar-refractivity contribution in [3.63, 3.8) is 0 Å². The van der Waals surface area contributed by atoms with Crippen LogP contribution in [0.25, 0.3) is 22.3 Å². The number of benzene rings is 1. The van der Waals surface area contributed by atoms with E-state index >= 15 is 0 Å². The zero-order valence-electron chi connectivity index (χ0n) is 10.7. The summed E-state index contributed by atoms with van der Waals surface area (Å²) in [6, 6.07) is 12.1. The molecule has 1 aromatic carbocycles. The number of para-hydroxylation sites is 1. The van der Waals surface area contributed by atoms with E-state index in [4.69, 9.17) is 0 Å². The highest BCUT2D eigenvalue weighted by molar-refractivity contribution is 5.90. The third kappa shape index (κ3) is 1.41. The van der Waals surface area contributed by atoms with Gasteiger partial charge in [-0.2, -0.15) is 0 Å². The van der Waals surface area contributed by atoms with E-state index in [9.17, 15) is 4.79 Å². The van der Waals surface area contributed by atoms with Gasteiger partial charge in [-0.3, -0.25) is 4.79 Å². The molecule has 0 bridgehead atoms. The van der Waals surface area contributed by atoms with Crippen molar-refractivity contribution in [2.24, 2.45) is 0 Å². The number of fused-ring (bicyclic) bond motifs is 5. The molecule has 19 heavy (non-hydrogen) atoms. The first kappa shape index (κ1) is 10.6. The zero-order chi connectivity index (χ0) is 13.0. The molecule has 0 saturated heterocycles. The molecule has 0 atom stereocenters. The van der Waals surface area contributed by atoms with Crippen LogP contribution in [0.1, 0.15) is 11.1 Å². The van der Waals surface area contributed by atoms with Gasteiger partial charge in [0, 0.05) is 23.5 Å². The maximum Gasteiger partial charge on any atom is 0.251 e. The summed E-state index contributed by atoms with van der Waals surface area (Å²) in [5.41, 5.74) is 5.72. The van der Waals surface area contributed by atoms with E-state index in [-0.39, 0.29) is 5.56 Å². The molecule has 4 rings (SSSR count). The molecule has 0 amide bonds. The standard InChI is InChI=1S/C16H14N2O/c1-10-8-14-16-12(6-7-18(14)15(19)9-10)11-4-2-3-5-13(11)17-16/h2-5,8-9,17H,6-7H2,1H3. The van der Waals surface area contributed by atoms with Crippen LogP contribution in [0.15, 0.2) is 41.2 Å². The number of pyridine rings is 1. The average Bonchev–Trinajstić information content (AvgIpc) is 2.77. The van der Waals surface area contributed by atoms with E-state index in [1.807, 2.05) is 17.6 Å². The molecule has 0 radical (unpaired) electrons. The number of aryl methyl sites for hydroxylation is 2. The molecule has 2 aromatic heterocycles. The van der Waals surface area contributed by atoms with Crippen molar-refractivity contribution in [1.29, 1.82) is 0 Å². The van der Waals surface area contributed by atoms with Gasteiger partial charge in [0.15, 0.2) is 0 Å². The Bertz CT molecular complexity index is 855. The second-order valence-corrected chi connectivity index (χ2v) is 5.18. The normalized spacial score (nSPS) is 13.3. The van der Waals surface area contributed by atoms with Crippen molar-refractivity contribution in [3.8, 4) is 11.4 Å². The van der Waals surface area contributed by atoms with Crippen LogP contribution in [0.3, 0.4) is 0 Å². The van der Waals surface area contributed by atoms with Gasteiger partial charge in [0.25, 0.3) is 5.56 Å². The van der Waals surface area contributed by atoms with Crippen LogP contribution in [-0.2, 0) is 13.0 Å². The van der Waals surface area contributed by atoms with Gasteiger partial charge >= 0.3 is 0 Å². The molecular formula is C16H14N2O. The number of aromatic amines is 1. The van der Waals surface area contributed by atoms with Gasteiger partial charge in [0.2, 0.25) is 0 Å². The Kier molecular flexibility index (Phi) is 2.01. The summed E-state index contributed by atoms with van der Waals surface area (Å²) in [5, 5.41) is 1.28. The number of hydrogen-bond donors (Lipinski definition) is 1. The summed E-state index contributed by atoms with van der Waals surface area (Å²) in [4.78, 5) is 15.5. The largest absolute Gasteiger partial charge is 0.353 e. The van der Waals surface area contributed by atoms with Crippen LogP contribution in [-0.4, -0.2) is 9.55 Å². The summed E-state index contributed by atoms with van der Waals surface area (Å²) in [7, 11) is 0. The lowest BCUT2D eigenvalue weighted by atomic mass is 10.0. The van der Waals surface area contributed by atoms with Crippen molar-refractivity contribution >= 4 is 10.9 Å². The van der Waals surface area contributed by atoms with Crippen LogP contribution in [0, 0.1) is 6.92 Å². The highest BCUT2D eigenvalue weighted by Gasteiger charge is 2.21. The minimum atomic E-state index is 0.0966. The third-order valence-corrected chi connectivity index (χ3v) is 3.93. The Morgan fingerprint density at radius 2 is 2.05 bits per heavy atom. The summed E-state index contributed by atoms with van der Waals surface area (Å²) < 4.78 is 1.87. The lowest BCUT2D eigenvalue weighted by Crippen LogP contribution is -2.25. The maximum atomic E-state index is 12.1. The molecule has 0 fully saturated rings. The molecule has 0 spiro atoms. The van der Waals surface area contributed by atoms with Crippen LogP contribution >= 0.6 is 0 Å². The summed E-state index contributed by atoms with van der Waals surface area (Å²) in [6.45, 7) is 2.74. The van der Waals surface area contributed by atoms with E-state index in [0.29, 0.717) is 0 Å². The fourth-order valence-electron chi connectivity index (χ4n) is 3.07. The van der Waals surface area contributed by atoms with Gasteiger partial charge in [-0.25, -0.2) is 0 Å². The van der Waals surface area contributed by atoms with Crippen molar-refractivity contribution in [2.45, 2.75) is 19.9 Å². The monoisotopic (exact) mass is 250 g/mol. The number of H-pyrrole nitrogens is 1. The molecule has 0 aliphatic carbocycles. The van der Waals surface area contributed by atoms with Crippen molar-refractivity contribution < 1.29 is 0 Å². The summed E-state index contributed by atoms with van der Waals surface area (Å²) in [5.74, 6) is 0. The van der Waals surface area contributed by atoms with Gasteiger partial charge in [0.05, 0.1) is 11.4 Å². The van der Waals surface area contributed by atoms with E-state index in [0.717, 1.165) is 35.4 Å². The number of nitrogens with zero attached hydrogens (tertiary/aromatic N) is 1. The fraction of sp³-hybridized carbons (Fsp3) is 0.188. The molecule has 3 heterocycles. The van der Waals surface area contributed by atoms with Crippen LogP contribution < -0.4 is 5.56 Å². The smallest absolute Gasteiger partial charge is 0.251 e. The Balaban J connectivity index is 2.12. The number of hydrogen-bond acceptors (Lipinski definition) is 1. The molecule has 94 valence electrons. The fourth-order valence-corrected chi connectivity index (χ4v) is 3.07. The molecule has 3 heteroatoms. The second kappa shape index (κ2) is 3.60. The minimum absolute atomic E-state index is 0.0966. The SMILES string of the molecule is Cc1cc2n(c(=O)c1)CCc1c-2[nH]c2ccccc12. The average molecular weight is 250 g/mol. The lowest BCUT2D eigenvalue weighted by molar-refractivity contribution is 0.659. The first-order valence-corrected chi connectivity index (χ1v) is 6.55. The predicted molar refractivity (Wildman–Crippen MR) is 76.4 cm³/mol. The van der Waals surface area contributed by atoms with Crippen LogP contribution in [0.2, 0.25) is 0 Å². The molecule has 1 aliphatic rings. The van der Waals surface area contributed by atoms with E-state index in [1.54, 1.807) is 6.07 Å². The van der Waals surface area contributed by atoms with Gasteiger partial charge in [-0.05, 0) is 36.6 Å². The summed E-state index contributed by atoms with van der Waals surface area (Å²) in [6.07, 6.45) is 0.912. The molecule has 1 aliphatic heterocycles. The van der Waals surface area contributed by atoms with Gasteiger partial charge in [0.1, 0.15) is 0 Å². The van der Waals surface area contributed by atoms with Crippen LogP contribution in [0.4, 0.5) is 0 Å². The van der Waals surface area contributed by atoms with E-state index in [1.165, 1.54) is 10.9 Å². The topological polar surface area (TPSA) is 37.8 Å². The number of rotatable bonds is 0. The minimum Gasteiger partial charge on any atom is -0.353 e. The molecule has 1 N–H and O–H groups in total. The van der Waals surface area contributed by atoms with E-state index < -0.39 is 0 Å². The van der Waals surface area contributed by atoms with E-state index in [2.05, 4.69) is 29.2 Å². The van der Waals surface area contributed by atoms with Gasteiger partial charge in [-0.15, -0.1) is 0 Å². The molecule has 0 saturated carbocycles. The van der Waals surface area contributed by atoms with Gasteiger partial charge in [-0.1, -0.05) is 18.2 Å². The molecular weight excluding hydrogens is 236 g/mol. The molecule has 3 nitrogen and oxygen atoms in total. The lowest BCUT2D eigenvalue weighted by Gasteiger charge is -2.19. The second-order valence-electron chi connectivity index (χ2n) is 5.18. The zero-order valence-corrected chi connectivity index (χ0v) is 10.7. The number of nitrogens with one attached hydrogen (secondary N) is 1. The highest BCUT2D eigenvalue weighted by Crippen LogP contribution is 2.33. The molecule has 3 aromatic rings. The summed E-state index contributed by atoms with van der Waals surface area (Å²) >= 11 is 0. The first-order chi connectivity index (χ1) is 9.24. The first-order valence-electron chi connectivity index (χ1n) is 6.55. The Labute approximate surface area is 110 Å². The van der Waals surface area contributed by atoms with Crippen LogP contribution in [0.5, 0.6) is 0 Å². The Morgan fingerprint density at radius 3 is 2.95 bits per heavy atom. The third-order valence-electron chi connectivity index (χ3n) is 3.93. The maximum absolute atomic E-state index is 12.1. The quantitative estimate of drug-likeness (QED) is 0.654. The van der Waals surface area contributed by atoms with Crippen molar-refractivity contribution in [3.05, 3.63) is 57.9 Å². The van der Waals surface area contributed by atoms with Crippen molar-refractivity contribution in [1.82, 2.24) is 9.55 Å². The predicted octanol–water partition coefficient (Wildman–Crippen LogP) is 2.86. The van der Waals surface area contributed by atoms with Crippen molar-refractivity contribution in [2.75, 3.05) is 0 Å². The van der Waals surface area contributed by atoms with Gasteiger partial charge < -0.3 is 9.55 Å². The Morgan fingerprint density at radius 1 is 1.21 bits per heavy atom. The molecule has 0 unspecified atom stereocenters. The Hall–Kier alpha value is -2.29.